The maximum Gasteiger partial charge on any atom is 0.155 e. The fraction of sp³-hybridized carbons (Fsp3) is 0.667. The number of rotatable bonds is 6. The van der Waals surface area contributed by atoms with Crippen molar-refractivity contribution < 1.29 is 4.84 Å². The number of halogens is 2. The number of allylic oxidation sites excluding steroid dienone is 1. The molecule has 0 atom stereocenters. The zero-order chi connectivity index (χ0) is 8.53. The fourth-order valence-electron chi connectivity index (χ4n) is 0.559. The minimum absolute atomic E-state index is 0.277. The van der Waals surface area contributed by atoms with Crippen molar-refractivity contribution in [1.82, 2.24) is 0 Å². The molecule has 0 aliphatic heterocycles. The van der Waals surface area contributed by atoms with E-state index in [0.29, 0.717) is 6.61 Å². The second-order valence-corrected chi connectivity index (χ2v) is 2.91. The summed E-state index contributed by atoms with van der Waals surface area (Å²) >= 11 is 10.7. The van der Waals surface area contributed by atoms with E-state index in [2.05, 4.69) is 10.2 Å². The molecule has 0 spiro atoms. The van der Waals surface area contributed by atoms with E-state index in [9.17, 15) is 4.91 Å². The number of hydrogen-bond donors (Lipinski definition) is 0. The highest BCUT2D eigenvalue weighted by atomic mass is 35.5. The molecule has 0 amide bonds. The predicted molar refractivity (Wildman–Crippen MR) is 45.4 cm³/mol. The largest absolute Gasteiger partial charge is 0.364 e. The van der Waals surface area contributed by atoms with Gasteiger partial charge in [-0.2, -0.15) is 0 Å². The average molecular weight is 198 g/mol. The summed E-state index contributed by atoms with van der Waals surface area (Å²) in [6.07, 6.45) is 4.17. The maximum atomic E-state index is 9.42. The van der Waals surface area contributed by atoms with Crippen LogP contribution in [0.25, 0.3) is 0 Å². The van der Waals surface area contributed by atoms with Crippen LogP contribution in [0.5, 0.6) is 0 Å². The highest BCUT2D eigenvalue weighted by Crippen LogP contribution is 2.09. The molecule has 0 saturated carbocycles. The second kappa shape index (κ2) is 7.82. The second-order valence-electron chi connectivity index (χ2n) is 1.90. The van der Waals surface area contributed by atoms with E-state index >= 15 is 0 Å². The van der Waals surface area contributed by atoms with Gasteiger partial charge in [-0.1, -0.05) is 29.3 Å². The monoisotopic (exact) mass is 197 g/mol. The standard InChI is InChI=1S/C6H9Cl2NO2/c7-6(8)4-2-1-3-5-11-9-10/h4H,1-3,5H2. The molecule has 0 saturated heterocycles. The molecule has 0 aliphatic rings. The van der Waals surface area contributed by atoms with Crippen LogP contribution in [0, 0.1) is 4.91 Å². The summed E-state index contributed by atoms with van der Waals surface area (Å²) in [6.45, 7) is 0.358. The summed E-state index contributed by atoms with van der Waals surface area (Å²) in [7, 11) is 0. The van der Waals surface area contributed by atoms with Crippen molar-refractivity contribution in [2.75, 3.05) is 6.61 Å². The van der Waals surface area contributed by atoms with Gasteiger partial charge >= 0.3 is 0 Å². The maximum absolute atomic E-state index is 9.42. The van der Waals surface area contributed by atoms with Crippen LogP contribution in [0.3, 0.4) is 0 Å². The van der Waals surface area contributed by atoms with Gasteiger partial charge in [-0.05, 0) is 19.3 Å². The first-order valence-corrected chi connectivity index (χ1v) is 3.98. The van der Waals surface area contributed by atoms with E-state index in [1.54, 1.807) is 6.08 Å². The van der Waals surface area contributed by atoms with Gasteiger partial charge in [0.15, 0.2) is 5.34 Å². The lowest BCUT2D eigenvalue weighted by molar-refractivity contribution is 0.136. The Hall–Kier alpha value is -0.280. The average Bonchev–Trinajstić information content (AvgIpc) is 1.96. The van der Waals surface area contributed by atoms with Crippen molar-refractivity contribution in [3.05, 3.63) is 15.5 Å². The molecule has 11 heavy (non-hydrogen) atoms. The van der Waals surface area contributed by atoms with Gasteiger partial charge in [0.25, 0.3) is 0 Å². The Bertz CT molecular complexity index is 135. The zero-order valence-corrected chi connectivity index (χ0v) is 7.44. The van der Waals surface area contributed by atoms with Gasteiger partial charge in [0.2, 0.25) is 0 Å². The fourth-order valence-corrected chi connectivity index (χ4v) is 0.778. The molecule has 0 radical (unpaired) electrons. The normalized spacial score (nSPS) is 8.91. The molecule has 0 aromatic carbocycles. The summed E-state index contributed by atoms with van der Waals surface area (Å²) in [5.74, 6) is 0. The van der Waals surface area contributed by atoms with Crippen LogP contribution in [-0.2, 0) is 4.84 Å². The van der Waals surface area contributed by atoms with Crippen molar-refractivity contribution >= 4 is 23.2 Å². The summed E-state index contributed by atoms with van der Waals surface area (Å²) in [5, 5.41) is 2.25. The quantitative estimate of drug-likeness (QED) is 0.373. The Morgan fingerprint density at radius 3 is 2.73 bits per heavy atom. The Labute approximate surface area is 75.2 Å². The Morgan fingerprint density at radius 1 is 1.45 bits per heavy atom. The smallest absolute Gasteiger partial charge is 0.155 e. The van der Waals surface area contributed by atoms with Gasteiger partial charge in [-0.3, -0.25) is 0 Å². The van der Waals surface area contributed by atoms with E-state index in [0.717, 1.165) is 19.3 Å². The van der Waals surface area contributed by atoms with Gasteiger partial charge in [0, 0.05) is 0 Å². The summed E-state index contributed by atoms with van der Waals surface area (Å²) in [6, 6.07) is 0. The van der Waals surface area contributed by atoms with Crippen molar-refractivity contribution in [2.24, 2.45) is 5.34 Å². The molecule has 0 N–H and O–H groups in total. The molecule has 0 heterocycles. The van der Waals surface area contributed by atoms with Crippen molar-refractivity contribution in [2.45, 2.75) is 19.3 Å². The van der Waals surface area contributed by atoms with Gasteiger partial charge < -0.3 is 4.84 Å². The van der Waals surface area contributed by atoms with Gasteiger partial charge in [0.1, 0.15) is 11.1 Å². The minimum atomic E-state index is 0.277. The van der Waals surface area contributed by atoms with Gasteiger partial charge in [-0.25, -0.2) is 0 Å². The van der Waals surface area contributed by atoms with E-state index in [1.807, 2.05) is 0 Å². The Kier molecular flexibility index (Phi) is 7.62. The molecule has 0 bridgehead atoms. The highest BCUT2D eigenvalue weighted by Gasteiger charge is 1.88. The Balaban J connectivity index is 3.02. The van der Waals surface area contributed by atoms with E-state index in [4.69, 9.17) is 23.2 Å². The first-order chi connectivity index (χ1) is 5.27. The van der Waals surface area contributed by atoms with Crippen LogP contribution < -0.4 is 0 Å². The van der Waals surface area contributed by atoms with Crippen molar-refractivity contribution in [3.63, 3.8) is 0 Å². The molecule has 5 heteroatoms. The van der Waals surface area contributed by atoms with Crippen LogP contribution in [0.2, 0.25) is 0 Å². The summed E-state index contributed by atoms with van der Waals surface area (Å²) in [4.78, 5) is 13.6. The predicted octanol–water partition coefficient (Wildman–Crippen LogP) is 3.17. The minimum Gasteiger partial charge on any atom is -0.364 e. The molecular weight excluding hydrogens is 189 g/mol. The summed E-state index contributed by atoms with van der Waals surface area (Å²) in [5.41, 5.74) is 0. The van der Waals surface area contributed by atoms with Crippen molar-refractivity contribution in [1.29, 1.82) is 0 Å². The van der Waals surface area contributed by atoms with Crippen molar-refractivity contribution in [3.8, 4) is 0 Å². The molecular formula is C6H9Cl2NO2. The lowest BCUT2D eigenvalue weighted by Crippen LogP contribution is -1.85. The van der Waals surface area contributed by atoms with E-state index in [-0.39, 0.29) is 4.49 Å². The topological polar surface area (TPSA) is 38.7 Å². The van der Waals surface area contributed by atoms with E-state index < -0.39 is 0 Å². The number of nitrogens with zero attached hydrogens (tertiary/aromatic N) is 1. The lowest BCUT2D eigenvalue weighted by Gasteiger charge is -1.93. The molecule has 0 aromatic heterocycles. The molecule has 0 fully saturated rings. The van der Waals surface area contributed by atoms with E-state index in [1.165, 1.54) is 0 Å². The third kappa shape index (κ3) is 9.72. The molecule has 0 aromatic rings. The zero-order valence-electron chi connectivity index (χ0n) is 5.93. The SMILES string of the molecule is O=NOCCCCC=C(Cl)Cl. The number of unbranched alkanes of at least 4 members (excludes halogenated alkanes) is 2. The lowest BCUT2D eigenvalue weighted by atomic mass is 10.2. The van der Waals surface area contributed by atoms with Crippen LogP contribution in [0.4, 0.5) is 0 Å². The number of hydrogen-bond acceptors (Lipinski definition) is 3. The first kappa shape index (κ1) is 10.7. The van der Waals surface area contributed by atoms with Crippen LogP contribution >= 0.6 is 23.2 Å². The Morgan fingerprint density at radius 2 is 2.18 bits per heavy atom. The molecule has 0 aliphatic carbocycles. The first-order valence-electron chi connectivity index (χ1n) is 3.23. The van der Waals surface area contributed by atoms with Gasteiger partial charge in [0.05, 0.1) is 0 Å². The molecule has 0 rings (SSSR count). The van der Waals surface area contributed by atoms with Crippen LogP contribution in [0.1, 0.15) is 19.3 Å². The van der Waals surface area contributed by atoms with Crippen LogP contribution in [-0.4, -0.2) is 6.61 Å². The molecule has 3 nitrogen and oxygen atoms in total. The van der Waals surface area contributed by atoms with Gasteiger partial charge in [-0.15, -0.1) is 4.91 Å². The molecule has 0 unspecified atom stereocenters. The third-order valence-electron chi connectivity index (χ3n) is 1.04. The highest BCUT2D eigenvalue weighted by molar-refractivity contribution is 6.55. The van der Waals surface area contributed by atoms with Crippen LogP contribution in [0.15, 0.2) is 15.9 Å². The summed E-state index contributed by atoms with van der Waals surface area (Å²) < 4.78 is 0.277. The molecule has 64 valence electrons. The third-order valence-corrected chi connectivity index (χ3v) is 1.35.